The lowest BCUT2D eigenvalue weighted by Gasteiger charge is -2.23. The van der Waals surface area contributed by atoms with Gasteiger partial charge >= 0.3 is 0 Å². The van der Waals surface area contributed by atoms with E-state index in [9.17, 15) is 9.90 Å². The Hall–Kier alpha value is -3.37. The number of halogens is 1. The summed E-state index contributed by atoms with van der Waals surface area (Å²) in [4.78, 5) is 12.5. The highest BCUT2D eigenvalue weighted by Crippen LogP contribution is 2.49. The molecule has 0 spiro atoms. The van der Waals surface area contributed by atoms with Crippen molar-refractivity contribution >= 4 is 27.5 Å². The number of phenolic OH excluding ortho intramolecular Hbond substituents is 1. The van der Waals surface area contributed by atoms with Crippen LogP contribution in [0.3, 0.4) is 0 Å². The van der Waals surface area contributed by atoms with Gasteiger partial charge in [0.1, 0.15) is 5.75 Å². The molecule has 164 valence electrons. The van der Waals surface area contributed by atoms with Crippen LogP contribution in [0.1, 0.15) is 39.7 Å². The van der Waals surface area contributed by atoms with Crippen LogP contribution in [0.2, 0.25) is 0 Å². The molecule has 33 heavy (non-hydrogen) atoms. The van der Waals surface area contributed by atoms with Gasteiger partial charge in [0, 0.05) is 16.1 Å². The van der Waals surface area contributed by atoms with Gasteiger partial charge in [-0.25, -0.2) is 0 Å². The fraction of sp³-hybridized carbons (Fsp3) is 0.138. The van der Waals surface area contributed by atoms with E-state index in [-0.39, 0.29) is 23.5 Å². The van der Waals surface area contributed by atoms with E-state index in [1.807, 2.05) is 48.5 Å². The molecule has 0 radical (unpaired) electrons. The van der Waals surface area contributed by atoms with Crippen molar-refractivity contribution in [2.75, 3.05) is 5.32 Å². The second-order valence-corrected chi connectivity index (χ2v) is 9.38. The Kier molecular flexibility index (Phi) is 6.01. The fourth-order valence-electron chi connectivity index (χ4n) is 4.87. The van der Waals surface area contributed by atoms with Gasteiger partial charge in [-0.1, -0.05) is 88.7 Å². The topological polar surface area (TPSA) is 49.3 Å². The summed E-state index contributed by atoms with van der Waals surface area (Å²) >= 11 is 3.66. The summed E-state index contributed by atoms with van der Waals surface area (Å²) in [5.41, 5.74) is 6.89. The van der Waals surface area contributed by atoms with Crippen molar-refractivity contribution in [2.45, 2.75) is 24.7 Å². The van der Waals surface area contributed by atoms with E-state index in [4.69, 9.17) is 0 Å². The molecule has 0 aliphatic heterocycles. The first-order chi connectivity index (χ1) is 16.1. The number of carbonyl (C=O) groups excluding carboxylic acids is 1. The molecule has 1 aliphatic carbocycles. The zero-order valence-electron chi connectivity index (χ0n) is 18.0. The average molecular weight is 498 g/mol. The summed E-state index contributed by atoms with van der Waals surface area (Å²) in [7, 11) is 0. The Morgan fingerprint density at radius 1 is 0.879 bits per heavy atom. The van der Waals surface area contributed by atoms with Crippen LogP contribution in [-0.4, -0.2) is 11.0 Å². The number of amides is 1. The second-order valence-electron chi connectivity index (χ2n) is 8.53. The van der Waals surface area contributed by atoms with Gasteiger partial charge in [-0.3, -0.25) is 4.79 Å². The third-order valence-electron chi connectivity index (χ3n) is 6.38. The number of carbonyl (C=O) groups is 1. The standard InChI is InChI=1S/C29H24BrNO2/c30-27-18-23(32)14-15-25(27)26-17-21-8-4-5-9-24(21)29(26)20-10-12-22(13-11-20)31-28(33)16-19-6-2-1-3-7-19/h1-15,18,26,29,32H,16-17H2,(H,31,33). The van der Waals surface area contributed by atoms with E-state index in [1.54, 1.807) is 12.1 Å². The zero-order chi connectivity index (χ0) is 22.8. The van der Waals surface area contributed by atoms with Gasteiger partial charge < -0.3 is 10.4 Å². The van der Waals surface area contributed by atoms with Crippen molar-refractivity contribution in [3.63, 3.8) is 0 Å². The number of aromatic hydroxyl groups is 1. The fourth-order valence-corrected chi connectivity index (χ4v) is 5.53. The normalized spacial score (nSPS) is 16.9. The largest absolute Gasteiger partial charge is 0.508 e. The molecule has 3 nitrogen and oxygen atoms in total. The Labute approximate surface area is 202 Å². The van der Waals surface area contributed by atoms with Crippen molar-refractivity contribution < 1.29 is 9.90 Å². The molecule has 1 aliphatic rings. The molecule has 0 heterocycles. The molecule has 1 amide bonds. The Bertz CT molecular complexity index is 1280. The van der Waals surface area contributed by atoms with Crippen LogP contribution in [0, 0.1) is 0 Å². The molecular formula is C29H24BrNO2. The van der Waals surface area contributed by atoms with Gasteiger partial charge in [-0.15, -0.1) is 0 Å². The minimum absolute atomic E-state index is 0.0222. The smallest absolute Gasteiger partial charge is 0.228 e. The zero-order valence-corrected chi connectivity index (χ0v) is 19.6. The van der Waals surface area contributed by atoms with E-state index >= 15 is 0 Å². The number of fused-ring (bicyclic) bond motifs is 1. The van der Waals surface area contributed by atoms with Crippen LogP contribution < -0.4 is 5.32 Å². The number of anilines is 1. The maximum Gasteiger partial charge on any atom is 0.228 e. The van der Waals surface area contributed by atoms with Gasteiger partial charge in [0.15, 0.2) is 0 Å². The quantitative estimate of drug-likeness (QED) is 0.318. The number of phenols is 1. The minimum Gasteiger partial charge on any atom is -0.508 e. The van der Waals surface area contributed by atoms with Crippen LogP contribution in [0.5, 0.6) is 5.75 Å². The molecule has 2 unspecified atom stereocenters. The van der Waals surface area contributed by atoms with Crippen LogP contribution in [0.15, 0.2) is 102 Å². The number of hydrogen-bond acceptors (Lipinski definition) is 2. The van der Waals surface area contributed by atoms with E-state index in [2.05, 4.69) is 57.6 Å². The minimum atomic E-state index is -0.0222. The SMILES string of the molecule is O=C(Cc1ccccc1)Nc1ccc(C2c3ccccc3CC2c2ccc(O)cc2Br)cc1. The third kappa shape index (κ3) is 4.57. The summed E-state index contributed by atoms with van der Waals surface area (Å²) in [5.74, 6) is 0.700. The summed E-state index contributed by atoms with van der Waals surface area (Å²) in [6, 6.07) is 32.1. The molecule has 0 saturated heterocycles. The van der Waals surface area contributed by atoms with Gasteiger partial charge in [0.2, 0.25) is 5.91 Å². The number of rotatable bonds is 5. The number of hydrogen-bond donors (Lipinski definition) is 2. The lowest BCUT2D eigenvalue weighted by atomic mass is 9.82. The highest BCUT2D eigenvalue weighted by atomic mass is 79.9. The highest BCUT2D eigenvalue weighted by Gasteiger charge is 2.35. The van der Waals surface area contributed by atoms with Gasteiger partial charge in [0.05, 0.1) is 6.42 Å². The van der Waals surface area contributed by atoms with Crippen molar-refractivity contribution in [3.05, 3.63) is 129 Å². The molecule has 0 fully saturated rings. The van der Waals surface area contributed by atoms with Gasteiger partial charge in [-0.05, 0) is 64.4 Å². The summed E-state index contributed by atoms with van der Waals surface area (Å²) in [6.07, 6.45) is 1.30. The van der Waals surface area contributed by atoms with Crippen molar-refractivity contribution in [3.8, 4) is 5.75 Å². The van der Waals surface area contributed by atoms with Gasteiger partial charge in [0.25, 0.3) is 0 Å². The van der Waals surface area contributed by atoms with Crippen LogP contribution >= 0.6 is 15.9 Å². The highest BCUT2D eigenvalue weighted by molar-refractivity contribution is 9.10. The van der Waals surface area contributed by atoms with Crippen molar-refractivity contribution in [2.24, 2.45) is 0 Å². The molecule has 2 atom stereocenters. The molecule has 2 N–H and O–H groups in total. The van der Waals surface area contributed by atoms with E-state index in [0.717, 1.165) is 22.1 Å². The van der Waals surface area contributed by atoms with Gasteiger partial charge in [-0.2, -0.15) is 0 Å². The van der Waals surface area contributed by atoms with E-state index in [0.29, 0.717) is 6.42 Å². The summed E-state index contributed by atoms with van der Waals surface area (Å²) in [6.45, 7) is 0. The predicted octanol–water partition coefficient (Wildman–Crippen LogP) is 6.81. The monoisotopic (exact) mass is 497 g/mol. The maximum absolute atomic E-state index is 12.5. The Morgan fingerprint density at radius 3 is 2.36 bits per heavy atom. The van der Waals surface area contributed by atoms with E-state index in [1.165, 1.54) is 22.3 Å². The first-order valence-electron chi connectivity index (χ1n) is 11.1. The second kappa shape index (κ2) is 9.24. The summed E-state index contributed by atoms with van der Waals surface area (Å²) in [5, 5.41) is 12.9. The summed E-state index contributed by atoms with van der Waals surface area (Å²) < 4.78 is 0.926. The Balaban J connectivity index is 1.40. The first kappa shape index (κ1) is 21.5. The molecule has 0 bridgehead atoms. The Morgan fingerprint density at radius 2 is 1.61 bits per heavy atom. The molecular weight excluding hydrogens is 474 g/mol. The van der Waals surface area contributed by atoms with Crippen molar-refractivity contribution in [1.82, 2.24) is 0 Å². The number of nitrogens with one attached hydrogen (secondary N) is 1. The molecule has 4 aromatic carbocycles. The molecule has 4 aromatic rings. The number of benzene rings is 4. The van der Waals surface area contributed by atoms with Crippen LogP contribution in [0.4, 0.5) is 5.69 Å². The molecule has 0 aromatic heterocycles. The molecule has 5 rings (SSSR count). The predicted molar refractivity (Wildman–Crippen MR) is 136 cm³/mol. The first-order valence-corrected chi connectivity index (χ1v) is 11.9. The lowest BCUT2D eigenvalue weighted by Crippen LogP contribution is -2.14. The van der Waals surface area contributed by atoms with Crippen molar-refractivity contribution in [1.29, 1.82) is 0 Å². The van der Waals surface area contributed by atoms with Crippen LogP contribution in [0.25, 0.3) is 0 Å². The van der Waals surface area contributed by atoms with Crippen LogP contribution in [-0.2, 0) is 17.6 Å². The maximum atomic E-state index is 12.5. The van der Waals surface area contributed by atoms with E-state index < -0.39 is 0 Å². The third-order valence-corrected chi connectivity index (χ3v) is 7.06. The average Bonchev–Trinajstić information content (AvgIpc) is 3.19. The molecule has 4 heteroatoms. The lowest BCUT2D eigenvalue weighted by molar-refractivity contribution is -0.115. The molecule has 0 saturated carbocycles.